The van der Waals surface area contributed by atoms with Crippen LogP contribution in [0.3, 0.4) is 0 Å². The van der Waals surface area contributed by atoms with Gasteiger partial charge in [-0.1, -0.05) is 90.7 Å². The summed E-state index contributed by atoms with van der Waals surface area (Å²) in [5.74, 6) is -0.411. The predicted molar refractivity (Wildman–Crippen MR) is 135 cm³/mol. The summed E-state index contributed by atoms with van der Waals surface area (Å²) in [5.41, 5.74) is -1.83. The van der Waals surface area contributed by atoms with Gasteiger partial charge in [0, 0.05) is 5.46 Å². The van der Waals surface area contributed by atoms with Gasteiger partial charge in [-0.05, 0) is 57.4 Å². The zero-order valence-corrected chi connectivity index (χ0v) is 16.6. The molecule has 5 aromatic rings. The van der Waals surface area contributed by atoms with E-state index in [-0.39, 0.29) is 39.4 Å². The molecule has 0 radical (unpaired) electrons. The van der Waals surface area contributed by atoms with Crippen molar-refractivity contribution in [3.05, 3.63) is 115 Å². The first-order chi connectivity index (χ1) is 23.0. The van der Waals surface area contributed by atoms with Gasteiger partial charge in [-0.15, -0.1) is 0 Å². The molecule has 0 spiro atoms. The van der Waals surface area contributed by atoms with E-state index in [0.717, 1.165) is 0 Å². The Labute approximate surface area is 215 Å². The van der Waals surface area contributed by atoms with E-state index in [1.807, 2.05) is 0 Å². The fourth-order valence-electron chi connectivity index (χ4n) is 4.00. The highest BCUT2D eigenvalue weighted by atomic mass is 16.5. The Morgan fingerprint density at radius 3 is 1.48 bits per heavy atom. The number of fused-ring (bicyclic) bond motifs is 4. The van der Waals surface area contributed by atoms with Gasteiger partial charge in [0.05, 0.1) is 21.9 Å². The second-order valence-corrected chi connectivity index (χ2v) is 7.29. The molecule has 0 amide bonds. The summed E-state index contributed by atoms with van der Waals surface area (Å²) in [6.45, 7) is -1.23. The van der Waals surface area contributed by atoms with Crippen LogP contribution >= 0.6 is 0 Å². The van der Waals surface area contributed by atoms with Crippen molar-refractivity contribution in [2.24, 2.45) is 0 Å². The van der Waals surface area contributed by atoms with E-state index in [2.05, 4.69) is 0 Å². The zero-order chi connectivity index (χ0) is 35.7. The molecule has 2 heterocycles. The summed E-state index contributed by atoms with van der Waals surface area (Å²) in [6.07, 6.45) is 0. The van der Waals surface area contributed by atoms with Crippen molar-refractivity contribution >= 4 is 23.1 Å². The smallest absolute Gasteiger partial charge is 0.260 e. The van der Waals surface area contributed by atoms with Gasteiger partial charge in [-0.3, -0.25) is 0 Å². The maximum absolute atomic E-state index is 9.13. The highest BCUT2D eigenvalue weighted by Gasteiger charge is 2.40. The summed E-state index contributed by atoms with van der Waals surface area (Å²) >= 11 is 0. The summed E-state index contributed by atoms with van der Waals surface area (Å²) in [5, 5.41) is 0. The normalized spacial score (nSPS) is 19.5. The molecule has 0 unspecified atom stereocenters. The monoisotopic (exact) mass is 438 g/mol. The Balaban J connectivity index is 1.57. The molecule has 7 rings (SSSR count). The van der Waals surface area contributed by atoms with E-state index in [1.165, 1.54) is 18.2 Å². The molecule has 5 aromatic carbocycles. The molecule has 0 saturated heterocycles. The molecule has 0 saturated carbocycles. The van der Waals surface area contributed by atoms with Crippen LogP contribution in [-0.4, -0.2) is 6.71 Å². The SMILES string of the molecule is [2H]c1c([2H])c([2H])c(-c2c([2H])c([2H])c3c(c2[2H])Oc2cccc4c2B3c2c([2H])c([2H])c(-c3c([2H])c([2H])c([2H])c([2H])c3[2H])c([2H])c2O4)c([2H])c1[2H]. The highest BCUT2D eigenvalue weighted by molar-refractivity contribution is 6.98. The Morgan fingerprint density at radius 2 is 1.00 bits per heavy atom. The molecule has 0 bridgehead atoms. The summed E-state index contributed by atoms with van der Waals surface area (Å²) in [7, 11) is 0. The van der Waals surface area contributed by atoms with Crippen LogP contribution < -0.4 is 25.9 Å². The molecule has 0 fully saturated rings. The third kappa shape index (κ3) is 2.90. The molecule has 0 atom stereocenters. The van der Waals surface area contributed by atoms with E-state index < -0.39 is 126 Å². The third-order valence-electron chi connectivity index (χ3n) is 5.43. The number of benzene rings is 5. The Morgan fingerprint density at radius 1 is 0.515 bits per heavy atom. The van der Waals surface area contributed by atoms with Crippen molar-refractivity contribution in [2.45, 2.75) is 0 Å². The summed E-state index contributed by atoms with van der Waals surface area (Å²) in [4.78, 5) is 0. The van der Waals surface area contributed by atoms with E-state index in [0.29, 0.717) is 0 Å². The van der Waals surface area contributed by atoms with Gasteiger partial charge in [-0.25, -0.2) is 0 Å². The van der Waals surface area contributed by atoms with Crippen LogP contribution in [0.2, 0.25) is 0 Å². The number of hydrogen-bond acceptors (Lipinski definition) is 2. The first kappa shape index (κ1) is 8.60. The number of rotatable bonds is 2. The highest BCUT2D eigenvalue weighted by Crippen LogP contribution is 2.36. The minimum absolute atomic E-state index is 0.102. The molecule has 2 aliphatic rings. The molecule has 154 valence electrons. The predicted octanol–water partition coefficient (Wildman–Crippen LogP) is 5.75. The second kappa shape index (κ2) is 7.14. The summed E-state index contributed by atoms with van der Waals surface area (Å²) < 4.78 is 149. The fourth-order valence-corrected chi connectivity index (χ4v) is 4.00. The lowest BCUT2D eigenvalue weighted by molar-refractivity contribution is 0.464. The lowest BCUT2D eigenvalue weighted by atomic mass is 9.35. The Kier molecular flexibility index (Phi) is 1.86. The van der Waals surface area contributed by atoms with Gasteiger partial charge < -0.3 is 9.47 Å². The first-order valence-electron chi connectivity index (χ1n) is 17.9. The van der Waals surface area contributed by atoms with Crippen molar-refractivity contribution in [2.75, 3.05) is 0 Å². The van der Waals surface area contributed by atoms with Crippen molar-refractivity contribution in [3.63, 3.8) is 0 Å². The first-order valence-corrected chi connectivity index (χ1v) is 9.93. The molecular weight excluding hydrogens is 403 g/mol. The maximum Gasteiger partial charge on any atom is 0.260 e. The molecule has 3 heteroatoms. The van der Waals surface area contributed by atoms with Crippen LogP contribution in [0.1, 0.15) is 21.9 Å². The van der Waals surface area contributed by atoms with Crippen LogP contribution in [0.4, 0.5) is 0 Å². The number of ether oxygens (including phenoxy) is 2. The Hall–Kier alpha value is -4.24. The van der Waals surface area contributed by atoms with Crippen LogP contribution in [0.15, 0.2) is 115 Å². The quantitative estimate of drug-likeness (QED) is 0.320. The van der Waals surface area contributed by atoms with Crippen LogP contribution in [0, 0.1) is 0 Å². The van der Waals surface area contributed by atoms with E-state index in [4.69, 9.17) is 31.4 Å². The van der Waals surface area contributed by atoms with Crippen LogP contribution in [0.25, 0.3) is 22.3 Å². The third-order valence-corrected chi connectivity index (χ3v) is 5.43. The van der Waals surface area contributed by atoms with E-state index >= 15 is 0 Å². The van der Waals surface area contributed by atoms with E-state index in [9.17, 15) is 0 Å². The van der Waals surface area contributed by atoms with Crippen molar-refractivity contribution in [1.29, 1.82) is 0 Å². The van der Waals surface area contributed by atoms with Crippen LogP contribution in [0.5, 0.6) is 23.0 Å². The van der Waals surface area contributed by atoms with Gasteiger partial charge in [0.25, 0.3) is 6.71 Å². The minimum Gasteiger partial charge on any atom is -0.458 e. The fraction of sp³-hybridized carbons (Fsp3) is 0. The van der Waals surface area contributed by atoms with Gasteiger partial charge in [-0.2, -0.15) is 0 Å². The minimum atomic E-state index is -1.23. The topological polar surface area (TPSA) is 18.5 Å². The molecule has 0 aliphatic carbocycles. The summed E-state index contributed by atoms with van der Waals surface area (Å²) in [6, 6.07) is -5.97. The molecular formula is C30H19BO2. The van der Waals surface area contributed by atoms with Gasteiger partial charge >= 0.3 is 0 Å². The molecule has 33 heavy (non-hydrogen) atoms. The van der Waals surface area contributed by atoms with Gasteiger partial charge in [0.1, 0.15) is 23.0 Å². The molecule has 0 aromatic heterocycles. The zero-order valence-electron chi connectivity index (χ0n) is 32.6. The average Bonchev–Trinajstić information content (AvgIpc) is 3.08. The second-order valence-electron chi connectivity index (χ2n) is 7.29. The van der Waals surface area contributed by atoms with Crippen molar-refractivity contribution in [1.82, 2.24) is 0 Å². The largest absolute Gasteiger partial charge is 0.458 e. The van der Waals surface area contributed by atoms with Crippen molar-refractivity contribution in [3.8, 4) is 45.3 Å². The molecule has 0 N–H and O–H groups in total. The van der Waals surface area contributed by atoms with Gasteiger partial charge in [0.2, 0.25) is 0 Å². The van der Waals surface area contributed by atoms with E-state index in [1.54, 1.807) is 0 Å². The Bertz CT molecular complexity index is 2160. The van der Waals surface area contributed by atoms with Crippen molar-refractivity contribution < 1.29 is 31.4 Å². The van der Waals surface area contributed by atoms with Gasteiger partial charge in [0.15, 0.2) is 0 Å². The standard InChI is InChI=1S/C30H19BO2/c1-3-8-20(9-4-1)22-14-16-24-28(18-22)32-26-12-7-13-27-30(26)31(24)25-17-15-23(19-29(25)33-27)21-10-5-2-6-11-21/h1-19H/i1D,2D,3D,4D,5D,6D,8D,9D,10D,11D,14D,15D,16D,17D,18D,19D. The average molecular weight is 438 g/mol. The number of hydrogen-bond donors (Lipinski definition) is 0. The van der Waals surface area contributed by atoms with Crippen LogP contribution in [-0.2, 0) is 0 Å². The lowest BCUT2D eigenvalue weighted by Gasteiger charge is -2.33. The maximum atomic E-state index is 9.13. The molecule has 2 nitrogen and oxygen atoms in total. The lowest BCUT2D eigenvalue weighted by Crippen LogP contribution is -2.57. The molecule has 2 aliphatic heterocycles.